The fourth-order valence-corrected chi connectivity index (χ4v) is 0.656. The third-order valence-corrected chi connectivity index (χ3v) is 1.16. The normalized spacial score (nSPS) is 7.62. The van der Waals surface area contributed by atoms with Gasteiger partial charge < -0.3 is 0 Å². The van der Waals surface area contributed by atoms with Crippen molar-refractivity contribution in [1.29, 1.82) is 0 Å². The second-order valence-electron chi connectivity index (χ2n) is 1.22. The Hall–Kier alpha value is 0.297. The predicted octanol–water partition coefficient (Wildman–Crippen LogP) is 1.60. The van der Waals surface area contributed by atoms with E-state index < -0.39 is 0 Å². The van der Waals surface area contributed by atoms with E-state index in [4.69, 9.17) is 0 Å². The summed E-state index contributed by atoms with van der Waals surface area (Å²) in [6.45, 7) is 0. The van der Waals surface area contributed by atoms with E-state index in [1.807, 2.05) is 24.3 Å². The number of hydrogen-bond donors (Lipinski definition) is 0. The number of hydrogen-bond acceptors (Lipinski definition) is 0. The van der Waals surface area contributed by atoms with Gasteiger partial charge in [0.25, 0.3) is 0 Å². The van der Waals surface area contributed by atoms with Gasteiger partial charge in [-0.3, -0.25) is 0 Å². The minimum absolute atomic E-state index is 0. The molecule has 1 rings (SSSR count). The predicted molar refractivity (Wildman–Crippen MR) is 40.1 cm³/mol. The van der Waals surface area contributed by atoms with Crippen molar-refractivity contribution < 1.29 is 0 Å². The molecule has 8 heavy (non-hydrogen) atoms. The maximum absolute atomic E-state index is 3.28. The van der Waals surface area contributed by atoms with Gasteiger partial charge in [0.15, 0.2) is 0 Å². The van der Waals surface area contributed by atoms with E-state index in [2.05, 4.69) is 22.0 Å². The molecule has 0 nitrogen and oxygen atoms in total. The third-order valence-electron chi connectivity index (χ3n) is 0.669. The Balaban J connectivity index is 0.000000490. The van der Waals surface area contributed by atoms with Crippen molar-refractivity contribution in [2.75, 3.05) is 0 Å². The summed E-state index contributed by atoms with van der Waals surface area (Å²) in [5.41, 5.74) is 0. The van der Waals surface area contributed by atoms with Crippen LogP contribution in [-0.4, -0.2) is 18.9 Å². The molecule has 0 aliphatic heterocycles. The van der Waals surface area contributed by atoms with E-state index in [9.17, 15) is 0 Å². The average Bonchev–Trinajstić information content (AvgIpc) is 1.69. The Bertz CT molecular complexity index is 138. The number of benzene rings is 1. The first-order valence-electron chi connectivity index (χ1n) is 2.01. The quantitative estimate of drug-likeness (QED) is 0.511. The van der Waals surface area contributed by atoms with Crippen LogP contribution in [0, 0.1) is 6.07 Å². The molecule has 0 heterocycles. The molecule has 0 aromatic heterocycles. The van der Waals surface area contributed by atoms with Gasteiger partial charge in [-0.05, 0) is 18.2 Å². The van der Waals surface area contributed by atoms with Crippen LogP contribution in [0.1, 0.15) is 0 Å². The van der Waals surface area contributed by atoms with Gasteiger partial charge >= 0.3 is 18.9 Å². The Kier molecular flexibility index (Phi) is 4.36. The molecule has 0 amide bonds. The third kappa shape index (κ3) is 2.57. The van der Waals surface area contributed by atoms with Gasteiger partial charge in [-0.15, -0.1) is 0 Å². The number of rotatable bonds is 0. The molecule has 1 radical (unpaired) electrons. The van der Waals surface area contributed by atoms with Crippen LogP contribution in [-0.2, 0) is 0 Å². The SMILES string of the molecule is Brc1c[c]ccc1.[LiH]. The van der Waals surface area contributed by atoms with Crippen LogP contribution in [0.25, 0.3) is 0 Å². The molecule has 0 N–H and O–H groups in total. The summed E-state index contributed by atoms with van der Waals surface area (Å²) >= 11 is 3.28. The van der Waals surface area contributed by atoms with Crippen LogP contribution in [0.4, 0.5) is 0 Å². The van der Waals surface area contributed by atoms with E-state index in [0.29, 0.717) is 0 Å². The van der Waals surface area contributed by atoms with Crippen molar-refractivity contribution in [2.45, 2.75) is 0 Å². The van der Waals surface area contributed by atoms with E-state index >= 15 is 0 Å². The molecular formula is C6H5BrLi. The topological polar surface area (TPSA) is 0 Å². The van der Waals surface area contributed by atoms with Gasteiger partial charge in [0, 0.05) is 4.47 Å². The summed E-state index contributed by atoms with van der Waals surface area (Å²) < 4.78 is 1.08. The molecule has 37 valence electrons. The zero-order valence-electron chi connectivity index (χ0n) is 3.69. The molecule has 0 fully saturated rings. The molecule has 1 aromatic rings. The van der Waals surface area contributed by atoms with Gasteiger partial charge in [0.1, 0.15) is 0 Å². The molecule has 0 saturated heterocycles. The summed E-state index contributed by atoms with van der Waals surface area (Å²) in [7, 11) is 0. The Morgan fingerprint density at radius 2 is 2.25 bits per heavy atom. The zero-order chi connectivity index (χ0) is 5.11. The van der Waals surface area contributed by atoms with Crippen molar-refractivity contribution in [3.05, 3.63) is 34.8 Å². The van der Waals surface area contributed by atoms with Crippen molar-refractivity contribution >= 4 is 34.8 Å². The standard InChI is InChI=1S/C6H4Br.Li.H/c7-6-4-2-1-3-5-6;;/h1-2,4-5H;;. The summed E-state index contributed by atoms with van der Waals surface area (Å²) in [6, 6.07) is 10.6. The van der Waals surface area contributed by atoms with E-state index in [-0.39, 0.29) is 18.9 Å². The van der Waals surface area contributed by atoms with Gasteiger partial charge in [-0.1, -0.05) is 28.1 Å². The van der Waals surface area contributed by atoms with E-state index in [1.165, 1.54) is 0 Å². The molecule has 0 saturated carbocycles. The second kappa shape index (κ2) is 4.20. The first-order valence-corrected chi connectivity index (χ1v) is 2.80. The van der Waals surface area contributed by atoms with Gasteiger partial charge in [-0.25, -0.2) is 0 Å². The Morgan fingerprint density at radius 1 is 1.50 bits per heavy atom. The number of halogens is 1. The Morgan fingerprint density at radius 3 is 2.50 bits per heavy atom. The van der Waals surface area contributed by atoms with Crippen molar-refractivity contribution in [3.63, 3.8) is 0 Å². The van der Waals surface area contributed by atoms with Crippen LogP contribution in [0.5, 0.6) is 0 Å². The van der Waals surface area contributed by atoms with Crippen molar-refractivity contribution in [3.8, 4) is 0 Å². The fraction of sp³-hybridized carbons (Fsp3) is 0. The summed E-state index contributed by atoms with van der Waals surface area (Å²) in [5.74, 6) is 0. The summed E-state index contributed by atoms with van der Waals surface area (Å²) in [5, 5.41) is 0. The molecule has 0 unspecified atom stereocenters. The monoisotopic (exact) mass is 163 g/mol. The van der Waals surface area contributed by atoms with Crippen molar-refractivity contribution in [2.24, 2.45) is 0 Å². The second-order valence-corrected chi connectivity index (χ2v) is 2.14. The van der Waals surface area contributed by atoms with E-state index in [0.717, 1.165) is 4.47 Å². The molecule has 0 bridgehead atoms. The molecule has 0 spiro atoms. The van der Waals surface area contributed by atoms with Crippen LogP contribution >= 0.6 is 15.9 Å². The van der Waals surface area contributed by atoms with Crippen LogP contribution < -0.4 is 0 Å². The van der Waals surface area contributed by atoms with Crippen LogP contribution in [0.2, 0.25) is 0 Å². The van der Waals surface area contributed by atoms with Gasteiger partial charge in [-0.2, -0.15) is 0 Å². The molecule has 2 heteroatoms. The van der Waals surface area contributed by atoms with Crippen LogP contribution in [0.15, 0.2) is 28.7 Å². The molecule has 0 atom stereocenters. The van der Waals surface area contributed by atoms with Crippen molar-refractivity contribution in [1.82, 2.24) is 0 Å². The molecule has 1 aromatic carbocycles. The van der Waals surface area contributed by atoms with E-state index in [1.54, 1.807) is 0 Å². The van der Waals surface area contributed by atoms with Gasteiger partial charge in [0.2, 0.25) is 0 Å². The molecule has 0 aliphatic rings. The fourth-order valence-electron chi connectivity index (χ4n) is 0.371. The minimum atomic E-state index is 0. The molecular weight excluding hydrogens is 159 g/mol. The zero-order valence-corrected chi connectivity index (χ0v) is 5.27. The average molecular weight is 164 g/mol. The summed E-state index contributed by atoms with van der Waals surface area (Å²) in [6.07, 6.45) is 0. The van der Waals surface area contributed by atoms with Gasteiger partial charge in [0.05, 0.1) is 0 Å². The van der Waals surface area contributed by atoms with Crippen LogP contribution in [0.3, 0.4) is 0 Å². The first-order chi connectivity index (χ1) is 3.39. The first kappa shape index (κ1) is 8.30. The Labute approximate surface area is 69.6 Å². The molecule has 0 aliphatic carbocycles. The summed E-state index contributed by atoms with van der Waals surface area (Å²) in [4.78, 5) is 0. The maximum atomic E-state index is 3.28.